The molecule has 2 atom stereocenters. The zero-order valence-electron chi connectivity index (χ0n) is 19.4. The van der Waals surface area contributed by atoms with Crippen LogP contribution in [0.3, 0.4) is 0 Å². The average molecular weight is 438 g/mol. The third kappa shape index (κ3) is 2.93. The molecule has 7 rings (SSSR count). The van der Waals surface area contributed by atoms with E-state index in [1.165, 1.54) is 55.9 Å². The number of allylic oxidation sites excluding steroid dienone is 2. The van der Waals surface area contributed by atoms with Gasteiger partial charge < -0.3 is 4.90 Å². The van der Waals surface area contributed by atoms with Gasteiger partial charge in [-0.15, -0.1) is 0 Å². The Morgan fingerprint density at radius 2 is 1.56 bits per heavy atom. The van der Waals surface area contributed by atoms with E-state index in [1.54, 1.807) is 0 Å². The zero-order chi connectivity index (χ0) is 22.6. The van der Waals surface area contributed by atoms with Crippen LogP contribution in [-0.4, -0.2) is 6.04 Å². The molecular weight excluding hydrogens is 410 g/mol. The van der Waals surface area contributed by atoms with Crippen LogP contribution in [0.1, 0.15) is 40.7 Å². The van der Waals surface area contributed by atoms with E-state index in [9.17, 15) is 0 Å². The number of hydrogen-bond donors (Lipinski definition) is 0. The van der Waals surface area contributed by atoms with Gasteiger partial charge in [0.2, 0.25) is 0 Å². The van der Waals surface area contributed by atoms with E-state index in [4.69, 9.17) is 0 Å². The molecule has 0 saturated heterocycles. The molecule has 1 aliphatic heterocycles. The summed E-state index contributed by atoms with van der Waals surface area (Å²) in [6.07, 6.45) is 9.36. The van der Waals surface area contributed by atoms with Gasteiger partial charge >= 0.3 is 0 Å². The summed E-state index contributed by atoms with van der Waals surface area (Å²) >= 11 is 0. The summed E-state index contributed by atoms with van der Waals surface area (Å²) in [5.74, 6) is 0.351. The molecular formula is C33H27N. The highest BCUT2D eigenvalue weighted by Crippen LogP contribution is 2.49. The van der Waals surface area contributed by atoms with Crippen molar-refractivity contribution in [3.63, 3.8) is 0 Å². The summed E-state index contributed by atoms with van der Waals surface area (Å²) in [5.41, 5.74) is 13.8. The second-order valence-electron chi connectivity index (χ2n) is 9.66. The quantitative estimate of drug-likeness (QED) is 0.276. The molecule has 2 aliphatic carbocycles. The van der Waals surface area contributed by atoms with Crippen LogP contribution in [0.2, 0.25) is 0 Å². The third-order valence-corrected chi connectivity index (χ3v) is 7.78. The van der Waals surface area contributed by atoms with Gasteiger partial charge in [-0.05, 0) is 81.6 Å². The fraction of sp³-hybridized carbons (Fsp3) is 0.152. The lowest BCUT2D eigenvalue weighted by atomic mass is 9.85. The van der Waals surface area contributed by atoms with Crippen LogP contribution >= 0.6 is 0 Å². The standard InChI is InChI=1S/C33H27N/c1-2-22-12-13-25-19-26-15-14-23(20-30(26)29(25)18-22)24-16-17-33-31(21-24)28-10-6-7-11-32(28)34(33)27-8-4-3-5-9-27/h3-18,20-21,31,33H,2,19H2,1H3. The van der Waals surface area contributed by atoms with Gasteiger partial charge in [-0.3, -0.25) is 0 Å². The van der Waals surface area contributed by atoms with E-state index in [0.29, 0.717) is 12.0 Å². The van der Waals surface area contributed by atoms with Crippen LogP contribution in [0.15, 0.2) is 109 Å². The lowest BCUT2D eigenvalue weighted by Gasteiger charge is -2.29. The molecule has 1 nitrogen and oxygen atoms in total. The van der Waals surface area contributed by atoms with Crippen LogP contribution in [0.4, 0.5) is 11.4 Å². The van der Waals surface area contributed by atoms with Gasteiger partial charge in [-0.1, -0.05) is 91.9 Å². The van der Waals surface area contributed by atoms with Crippen molar-refractivity contribution in [1.82, 2.24) is 0 Å². The number of para-hydroxylation sites is 2. The summed E-state index contributed by atoms with van der Waals surface area (Å²) in [6.45, 7) is 2.24. The Bertz CT molecular complexity index is 1470. The first-order valence-corrected chi connectivity index (χ1v) is 12.4. The van der Waals surface area contributed by atoms with Gasteiger partial charge in [0.1, 0.15) is 0 Å². The van der Waals surface area contributed by atoms with Gasteiger partial charge in [-0.25, -0.2) is 0 Å². The molecule has 164 valence electrons. The molecule has 2 unspecified atom stereocenters. The Balaban J connectivity index is 1.30. The van der Waals surface area contributed by atoms with E-state index in [2.05, 4.69) is 121 Å². The highest BCUT2D eigenvalue weighted by atomic mass is 15.2. The fourth-order valence-electron chi connectivity index (χ4n) is 6.05. The molecule has 4 aromatic carbocycles. The topological polar surface area (TPSA) is 3.24 Å². The van der Waals surface area contributed by atoms with E-state index in [1.807, 2.05) is 0 Å². The number of anilines is 2. The average Bonchev–Trinajstić information content (AvgIpc) is 3.43. The number of nitrogens with zero attached hydrogens (tertiary/aromatic N) is 1. The molecule has 1 heteroatoms. The van der Waals surface area contributed by atoms with Crippen molar-refractivity contribution in [3.8, 4) is 11.1 Å². The van der Waals surface area contributed by atoms with Crippen molar-refractivity contribution < 1.29 is 0 Å². The second kappa shape index (κ2) is 7.60. The van der Waals surface area contributed by atoms with E-state index in [-0.39, 0.29) is 0 Å². The van der Waals surface area contributed by atoms with Gasteiger partial charge in [0.15, 0.2) is 0 Å². The molecule has 0 spiro atoms. The molecule has 4 aromatic rings. The fourth-order valence-corrected chi connectivity index (χ4v) is 6.05. The van der Waals surface area contributed by atoms with Crippen LogP contribution in [-0.2, 0) is 12.8 Å². The predicted molar refractivity (Wildman–Crippen MR) is 143 cm³/mol. The van der Waals surface area contributed by atoms with Gasteiger partial charge in [0.25, 0.3) is 0 Å². The first kappa shape index (κ1) is 19.6. The maximum atomic E-state index is 2.50. The van der Waals surface area contributed by atoms with Crippen molar-refractivity contribution in [1.29, 1.82) is 0 Å². The normalized spacial score (nSPS) is 19.3. The summed E-state index contributed by atoms with van der Waals surface area (Å²) in [4.78, 5) is 2.50. The number of aryl methyl sites for hydroxylation is 1. The highest BCUT2D eigenvalue weighted by Gasteiger charge is 2.38. The minimum absolute atomic E-state index is 0.311. The third-order valence-electron chi connectivity index (χ3n) is 7.78. The second-order valence-corrected chi connectivity index (χ2v) is 9.66. The van der Waals surface area contributed by atoms with Crippen LogP contribution in [0.25, 0.3) is 16.7 Å². The molecule has 0 N–H and O–H groups in total. The lowest BCUT2D eigenvalue weighted by Crippen LogP contribution is -2.28. The van der Waals surface area contributed by atoms with Gasteiger partial charge in [-0.2, -0.15) is 0 Å². The van der Waals surface area contributed by atoms with Crippen molar-refractivity contribution in [3.05, 3.63) is 137 Å². The Kier molecular flexibility index (Phi) is 4.38. The Morgan fingerprint density at radius 1 is 0.794 bits per heavy atom. The monoisotopic (exact) mass is 437 g/mol. The van der Waals surface area contributed by atoms with Crippen LogP contribution in [0, 0.1) is 0 Å². The Labute approximate surface area is 201 Å². The number of hydrogen-bond acceptors (Lipinski definition) is 1. The zero-order valence-corrected chi connectivity index (χ0v) is 19.4. The molecule has 0 fully saturated rings. The molecule has 1 heterocycles. The molecule has 34 heavy (non-hydrogen) atoms. The number of fused-ring (bicyclic) bond motifs is 6. The van der Waals surface area contributed by atoms with E-state index in [0.717, 1.165) is 12.8 Å². The summed E-state index contributed by atoms with van der Waals surface area (Å²) in [5, 5.41) is 0. The summed E-state index contributed by atoms with van der Waals surface area (Å²) < 4.78 is 0. The van der Waals surface area contributed by atoms with Crippen molar-refractivity contribution in [2.24, 2.45) is 0 Å². The molecule has 0 aromatic heterocycles. The van der Waals surface area contributed by atoms with E-state index >= 15 is 0 Å². The number of rotatable bonds is 3. The summed E-state index contributed by atoms with van der Waals surface area (Å²) in [7, 11) is 0. The minimum atomic E-state index is 0.311. The molecule has 3 aliphatic rings. The molecule has 0 radical (unpaired) electrons. The van der Waals surface area contributed by atoms with E-state index < -0.39 is 0 Å². The smallest absolute Gasteiger partial charge is 0.0630 e. The van der Waals surface area contributed by atoms with Crippen molar-refractivity contribution in [2.45, 2.75) is 31.7 Å². The summed E-state index contributed by atoms with van der Waals surface area (Å²) in [6, 6.07) is 34.1. The van der Waals surface area contributed by atoms with Crippen LogP contribution < -0.4 is 4.90 Å². The van der Waals surface area contributed by atoms with Crippen LogP contribution in [0.5, 0.6) is 0 Å². The lowest BCUT2D eigenvalue weighted by molar-refractivity contribution is 0.747. The Morgan fingerprint density at radius 3 is 2.41 bits per heavy atom. The first-order chi connectivity index (χ1) is 16.8. The van der Waals surface area contributed by atoms with Crippen molar-refractivity contribution >= 4 is 16.9 Å². The maximum absolute atomic E-state index is 2.50. The minimum Gasteiger partial charge on any atom is -0.333 e. The highest BCUT2D eigenvalue weighted by molar-refractivity contribution is 5.86. The SMILES string of the molecule is CCc1ccc2c(c1)-c1cc(C3=CC4c5ccccc5N(c5ccccc5)C4C=C3)ccc1C2. The maximum Gasteiger partial charge on any atom is 0.0630 e. The largest absolute Gasteiger partial charge is 0.333 e. The molecule has 0 amide bonds. The first-order valence-electron chi connectivity index (χ1n) is 12.4. The molecule has 0 saturated carbocycles. The van der Waals surface area contributed by atoms with Crippen molar-refractivity contribution in [2.75, 3.05) is 4.90 Å². The molecule has 0 bridgehead atoms. The number of benzene rings is 4. The Hall–Kier alpha value is -3.84. The predicted octanol–water partition coefficient (Wildman–Crippen LogP) is 8.08. The van der Waals surface area contributed by atoms with Gasteiger partial charge in [0.05, 0.1) is 6.04 Å². The van der Waals surface area contributed by atoms with Gasteiger partial charge in [0, 0.05) is 17.3 Å².